The highest BCUT2D eigenvalue weighted by molar-refractivity contribution is 7.92. The van der Waals surface area contributed by atoms with E-state index in [1.807, 2.05) is 13.8 Å². The normalized spacial score (nSPS) is 17.3. The maximum Gasteiger partial charge on any atom is 0.255 e. The van der Waals surface area contributed by atoms with Crippen LogP contribution in [0.5, 0.6) is 0 Å². The van der Waals surface area contributed by atoms with Gasteiger partial charge in [-0.1, -0.05) is 11.6 Å². The molecule has 1 aliphatic rings. The van der Waals surface area contributed by atoms with Crippen LogP contribution in [0.3, 0.4) is 0 Å². The highest BCUT2D eigenvalue weighted by Gasteiger charge is 2.27. The lowest BCUT2D eigenvalue weighted by atomic mass is 10.1. The van der Waals surface area contributed by atoms with Gasteiger partial charge in [-0.05, 0) is 44.9 Å². The van der Waals surface area contributed by atoms with Crippen LogP contribution < -0.4 is 4.31 Å². The fourth-order valence-corrected chi connectivity index (χ4v) is 4.48. The van der Waals surface area contributed by atoms with E-state index in [0.29, 0.717) is 37.3 Å². The molecule has 7 heteroatoms. The summed E-state index contributed by atoms with van der Waals surface area (Å²) in [6.45, 7) is 5.48. The fraction of sp³-hybridized carbons (Fsp3) is 0.533. The van der Waals surface area contributed by atoms with E-state index in [1.165, 1.54) is 4.31 Å². The summed E-state index contributed by atoms with van der Waals surface area (Å²) in [5.41, 5.74) is 0.935. The Bertz CT molecular complexity index is 657. The van der Waals surface area contributed by atoms with Crippen LogP contribution >= 0.6 is 11.6 Å². The molecule has 5 nitrogen and oxygen atoms in total. The fourth-order valence-electron chi connectivity index (χ4n) is 2.59. The van der Waals surface area contributed by atoms with Gasteiger partial charge >= 0.3 is 0 Å². The molecule has 0 atom stereocenters. The summed E-state index contributed by atoms with van der Waals surface area (Å²) in [7, 11) is -3.27. The second-order valence-electron chi connectivity index (χ2n) is 5.24. The molecule has 0 aliphatic carbocycles. The van der Waals surface area contributed by atoms with Crippen LogP contribution in [0.1, 0.15) is 37.0 Å². The Morgan fingerprint density at radius 3 is 2.50 bits per heavy atom. The first kappa shape index (κ1) is 17.1. The molecule has 122 valence electrons. The van der Waals surface area contributed by atoms with E-state index in [0.717, 1.165) is 6.42 Å². The van der Waals surface area contributed by atoms with Crippen molar-refractivity contribution < 1.29 is 13.2 Å². The first-order valence-corrected chi connectivity index (χ1v) is 9.48. The lowest BCUT2D eigenvalue weighted by molar-refractivity contribution is 0.0773. The number of nitrogens with zero attached hydrogens (tertiary/aromatic N) is 2. The monoisotopic (exact) mass is 344 g/mol. The highest BCUT2D eigenvalue weighted by atomic mass is 35.5. The van der Waals surface area contributed by atoms with Gasteiger partial charge in [-0.15, -0.1) is 0 Å². The molecular weight excluding hydrogens is 324 g/mol. The molecule has 1 aliphatic heterocycles. The molecule has 1 amide bonds. The number of rotatable bonds is 4. The maximum absolute atomic E-state index is 12.4. The Morgan fingerprint density at radius 1 is 1.27 bits per heavy atom. The maximum atomic E-state index is 12.4. The number of hydrogen-bond acceptors (Lipinski definition) is 3. The molecule has 0 aromatic heterocycles. The second kappa shape index (κ2) is 6.87. The van der Waals surface area contributed by atoms with Crippen LogP contribution in [-0.2, 0) is 10.0 Å². The zero-order valence-corrected chi connectivity index (χ0v) is 14.5. The predicted molar refractivity (Wildman–Crippen MR) is 89.1 cm³/mol. The minimum absolute atomic E-state index is 0.136. The van der Waals surface area contributed by atoms with Crippen molar-refractivity contribution in [1.29, 1.82) is 0 Å². The molecule has 0 unspecified atom stereocenters. The zero-order chi connectivity index (χ0) is 16.3. The molecule has 0 radical (unpaired) electrons. The third kappa shape index (κ3) is 3.38. The number of amides is 1. The summed E-state index contributed by atoms with van der Waals surface area (Å²) >= 11 is 6.23. The van der Waals surface area contributed by atoms with Crippen molar-refractivity contribution in [3.05, 3.63) is 28.8 Å². The lowest BCUT2D eigenvalue weighted by Crippen LogP contribution is -2.38. The van der Waals surface area contributed by atoms with E-state index < -0.39 is 10.0 Å². The SMILES string of the molecule is CCN(CC)C(=O)c1ccc(N2CCCCS2(=O)=O)cc1Cl. The molecule has 0 spiro atoms. The Balaban J connectivity index is 2.32. The summed E-state index contributed by atoms with van der Waals surface area (Å²) < 4.78 is 25.6. The van der Waals surface area contributed by atoms with Gasteiger partial charge in [0, 0.05) is 19.6 Å². The zero-order valence-electron chi connectivity index (χ0n) is 12.9. The first-order valence-electron chi connectivity index (χ1n) is 7.50. The Morgan fingerprint density at radius 2 is 1.95 bits per heavy atom. The summed E-state index contributed by atoms with van der Waals surface area (Å²) in [5, 5.41) is 0.287. The molecule has 1 saturated heterocycles. The first-order chi connectivity index (χ1) is 10.4. The molecule has 1 fully saturated rings. The largest absolute Gasteiger partial charge is 0.339 e. The van der Waals surface area contributed by atoms with Crippen molar-refractivity contribution >= 4 is 33.2 Å². The van der Waals surface area contributed by atoms with E-state index in [1.54, 1.807) is 23.1 Å². The third-order valence-corrected chi connectivity index (χ3v) is 6.05. The van der Waals surface area contributed by atoms with Gasteiger partial charge in [0.1, 0.15) is 0 Å². The van der Waals surface area contributed by atoms with Crippen molar-refractivity contribution in [1.82, 2.24) is 4.90 Å². The summed E-state index contributed by atoms with van der Waals surface area (Å²) in [6.07, 6.45) is 1.52. The van der Waals surface area contributed by atoms with Gasteiger partial charge in [-0.2, -0.15) is 0 Å². The van der Waals surface area contributed by atoms with Gasteiger partial charge in [0.05, 0.1) is 22.0 Å². The van der Waals surface area contributed by atoms with Crippen LogP contribution in [0, 0.1) is 0 Å². The second-order valence-corrected chi connectivity index (χ2v) is 7.66. The average molecular weight is 345 g/mol. The third-order valence-electron chi connectivity index (χ3n) is 3.87. The van der Waals surface area contributed by atoms with Crippen molar-refractivity contribution in [2.75, 3.05) is 29.7 Å². The molecule has 0 N–H and O–H groups in total. The molecular formula is C15H21ClN2O3S. The summed E-state index contributed by atoms with van der Waals surface area (Å²) in [5.74, 6) is 0.0214. The van der Waals surface area contributed by atoms with Gasteiger partial charge < -0.3 is 4.90 Å². The number of hydrogen-bond donors (Lipinski definition) is 0. The van der Waals surface area contributed by atoms with Crippen LogP contribution in [0.4, 0.5) is 5.69 Å². The highest BCUT2D eigenvalue weighted by Crippen LogP contribution is 2.28. The number of sulfonamides is 1. The standard InChI is InChI=1S/C15H21ClN2O3S/c1-3-17(4-2)15(19)13-8-7-12(11-14(13)16)18-9-5-6-10-22(18,20)21/h7-8,11H,3-6,9-10H2,1-2H3. The van der Waals surface area contributed by atoms with Crippen LogP contribution in [-0.4, -0.2) is 44.6 Å². The minimum Gasteiger partial charge on any atom is -0.339 e. The summed E-state index contributed by atoms with van der Waals surface area (Å²) in [4.78, 5) is 14.0. The smallest absolute Gasteiger partial charge is 0.255 e. The van der Waals surface area contributed by atoms with E-state index in [2.05, 4.69) is 0 Å². The van der Waals surface area contributed by atoms with Gasteiger partial charge in [0.2, 0.25) is 10.0 Å². The van der Waals surface area contributed by atoms with Gasteiger partial charge in [0.25, 0.3) is 5.91 Å². The molecule has 0 saturated carbocycles. The van der Waals surface area contributed by atoms with E-state index in [-0.39, 0.29) is 16.7 Å². The van der Waals surface area contributed by atoms with Crippen molar-refractivity contribution in [2.24, 2.45) is 0 Å². The number of carbonyl (C=O) groups is 1. The predicted octanol–water partition coefficient (Wildman–Crippen LogP) is 2.75. The Hall–Kier alpha value is -1.27. The average Bonchev–Trinajstić information content (AvgIpc) is 2.47. The van der Waals surface area contributed by atoms with Crippen LogP contribution in [0.15, 0.2) is 18.2 Å². The topological polar surface area (TPSA) is 57.7 Å². The summed E-state index contributed by atoms with van der Waals surface area (Å²) in [6, 6.07) is 4.84. The van der Waals surface area contributed by atoms with E-state index >= 15 is 0 Å². The van der Waals surface area contributed by atoms with Crippen molar-refractivity contribution in [3.8, 4) is 0 Å². The van der Waals surface area contributed by atoms with Crippen molar-refractivity contribution in [2.45, 2.75) is 26.7 Å². The Labute approximate surface area is 136 Å². The molecule has 2 rings (SSSR count). The number of benzene rings is 1. The molecule has 0 bridgehead atoms. The number of anilines is 1. The molecule has 22 heavy (non-hydrogen) atoms. The molecule has 1 aromatic rings. The van der Waals surface area contributed by atoms with Gasteiger partial charge in [0.15, 0.2) is 0 Å². The van der Waals surface area contributed by atoms with Gasteiger partial charge in [-0.3, -0.25) is 9.10 Å². The van der Waals surface area contributed by atoms with Crippen LogP contribution in [0.25, 0.3) is 0 Å². The molecule has 1 aromatic carbocycles. The molecule has 1 heterocycles. The van der Waals surface area contributed by atoms with Gasteiger partial charge in [-0.25, -0.2) is 8.42 Å². The minimum atomic E-state index is -3.27. The van der Waals surface area contributed by atoms with E-state index in [4.69, 9.17) is 11.6 Å². The number of halogens is 1. The van der Waals surface area contributed by atoms with Crippen molar-refractivity contribution in [3.63, 3.8) is 0 Å². The van der Waals surface area contributed by atoms with E-state index in [9.17, 15) is 13.2 Å². The Kier molecular flexibility index (Phi) is 5.34. The quantitative estimate of drug-likeness (QED) is 0.843. The lowest BCUT2D eigenvalue weighted by Gasteiger charge is -2.28. The number of carbonyl (C=O) groups excluding carboxylic acids is 1. The van der Waals surface area contributed by atoms with Crippen LogP contribution in [0.2, 0.25) is 5.02 Å².